The van der Waals surface area contributed by atoms with Crippen LogP contribution in [0, 0.1) is 0 Å². The third kappa shape index (κ3) is 4.22. The van der Waals surface area contributed by atoms with Crippen LogP contribution in [0.4, 0.5) is 4.79 Å². The molecule has 0 aromatic heterocycles. The topological polar surface area (TPSA) is 29.5 Å². The molecule has 116 valence electrons. The molecule has 0 bridgehead atoms. The van der Waals surface area contributed by atoms with Crippen LogP contribution in [0.15, 0.2) is 28.7 Å². The van der Waals surface area contributed by atoms with Gasteiger partial charge in [0.15, 0.2) is 0 Å². The normalized spacial score (nSPS) is 18.4. The number of nitrogens with zero attached hydrogens (tertiary/aromatic N) is 1. The molecule has 4 heteroatoms. The predicted octanol–water partition coefficient (Wildman–Crippen LogP) is 4.74. The van der Waals surface area contributed by atoms with Crippen molar-refractivity contribution in [3.63, 3.8) is 0 Å². The fraction of sp³-hybridized carbons (Fsp3) is 0.588. The van der Waals surface area contributed by atoms with E-state index >= 15 is 0 Å². The van der Waals surface area contributed by atoms with Crippen molar-refractivity contribution in [2.24, 2.45) is 0 Å². The van der Waals surface area contributed by atoms with E-state index in [1.807, 2.05) is 25.7 Å². The van der Waals surface area contributed by atoms with Gasteiger partial charge in [-0.05, 0) is 56.7 Å². The summed E-state index contributed by atoms with van der Waals surface area (Å²) in [6, 6.07) is 8.52. The van der Waals surface area contributed by atoms with Crippen molar-refractivity contribution >= 4 is 22.0 Å². The minimum Gasteiger partial charge on any atom is -0.444 e. The molecule has 21 heavy (non-hydrogen) atoms. The summed E-state index contributed by atoms with van der Waals surface area (Å²) in [4.78, 5) is 13.9. The van der Waals surface area contributed by atoms with E-state index in [1.165, 1.54) is 5.56 Å². The molecule has 0 N–H and O–H groups in total. The molecule has 1 aromatic rings. The third-order valence-corrected chi connectivity index (χ3v) is 4.59. The van der Waals surface area contributed by atoms with Crippen molar-refractivity contribution in [1.29, 1.82) is 0 Å². The zero-order valence-corrected chi connectivity index (χ0v) is 14.9. The lowest BCUT2D eigenvalue weighted by molar-refractivity contribution is 0.0172. The summed E-state index contributed by atoms with van der Waals surface area (Å²) < 4.78 is 6.55. The van der Waals surface area contributed by atoms with Gasteiger partial charge in [0.2, 0.25) is 0 Å². The zero-order valence-electron chi connectivity index (χ0n) is 13.3. The number of amides is 1. The van der Waals surface area contributed by atoms with Crippen LogP contribution in [0.2, 0.25) is 0 Å². The Morgan fingerprint density at radius 2 is 1.71 bits per heavy atom. The molecule has 1 aliphatic heterocycles. The second-order valence-electron chi connectivity index (χ2n) is 7.03. The molecule has 0 spiro atoms. The summed E-state index contributed by atoms with van der Waals surface area (Å²) in [5, 5.41) is 0. The molecule has 1 amide bonds. The monoisotopic (exact) mass is 353 g/mol. The fourth-order valence-electron chi connectivity index (χ4n) is 2.65. The summed E-state index contributed by atoms with van der Waals surface area (Å²) >= 11 is 3.47. The number of hydrogen-bond donors (Lipinski definition) is 0. The Labute approximate surface area is 135 Å². The van der Waals surface area contributed by atoms with Crippen LogP contribution in [0.3, 0.4) is 0 Å². The molecular weight excluding hydrogens is 330 g/mol. The first-order valence-electron chi connectivity index (χ1n) is 7.44. The zero-order chi connectivity index (χ0) is 15.7. The van der Waals surface area contributed by atoms with Crippen LogP contribution in [0.5, 0.6) is 0 Å². The highest BCUT2D eigenvalue weighted by molar-refractivity contribution is 9.10. The molecule has 0 atom stereocenters. The molecule has 1 fully saturated rings. The number of carbonyl (C=O) groups is 1. The van der Waals surface area contributed by atoms with E-state index in [4.69, 9.17) is 4.74 Å². The number of carbonyl (C=O) groups excluding carboxylic acids is 1. The van der Waals surface area contributed by atoms with E-state index in [2.05, 4.69) is 47.1 Å². The summed E-state index contributed by atoms with van der Waals surface area (Å²) in [5.41, 5.74) is 1.05. The van der Waals surface area contributed by atoms with Gasteiger partial charge >= 0.3 is 6.09 Å². The highest BCUT2D eigenvalue weighted by Gasteiger charge is 2.34. The second-order valence-corrected chi connectivity index (χ2v) is 7.95. The summed E-state index contributed by atoms with van der Waals surface area (Å²) in [6.45, 7) is 9.49. The molecule has 1 saturated heterocycles. The van der Waals surface area contributed by atoms with E-state index in [0.29, 0.717) is 0 Å². The van der Waals surface area contributed by atoms with Gasteiger partial charge in [0, 0.05) is 17.6 Å². The molecular formula is C17H24BrNO2. The van der Waals surface area contributed by atoms with Gasteiger partial charge in [-0.15, -0.1) is 0 Å². The van der Waals surface area contributed by atoms with Gasteiger partial charge in [-0.1, -0.05) is 35.0 Å². The van der Waals surface area contributed by atoms with E-state index in [0.717, 1.165) is 30.4 Å². The third-order valence-electron chi connectivity index (χ3n) is 4.06. The summed E-state index contributed by atoms with van der Waals surface area (Å²) in [5.74, 6) is 0. The van der Waals surface area contributed by atoms with Gasteiger partial charge in [0.25, 0.3) is 0 Å². The van der Waals surface area contributed by atoms with Crippen LogP contribution >= 0.6 is 15.9 Å². The summed E-state index contributed by atoms with van der Waals surface area (Å²) in [6.07, 6.45) is 1.74. The van der Waals surface area contributed by atoms with Crippen LogP contribution in [0.1, 0.15) is 46.1 Å². The number of piperidine rings is 1. The van der Waals surface area contributed by atoms with Gasteiger partial charge in [-0.2, -0.15) is 0 Å². The van der Waals surface area contributed by atoms with Gasteiger partial charge in [-0.3, -0.25) is 0 Å². The first-order valence-corrected chi connectivity index (χ1v) is 8.23. The van der Waals surface area contributed by atoms with Gasteiger partial charge in [0.1, 0.15) is 5.60 Å². The van der Waals surface area contributed by atoms with E-state index in [9.17, 15) is 4.79 Å². The Bertz CT molecular complexity index is 497. The second kappa shape index (κ2) is 5.99. The van der Waals surface area contributed by atoms with Crippen molar-refractivity contribution in [2.45, 2.75) is 51.6 Å². The minimum absolute atomic E-state index is 0.138. The van der Waals surface area contributed by atoms with E-state index < -0.39 is 5.60 Å². The number of rotatable bonds is 1. The molecule has 0 radical (unpaired) electrons. The molecule has 1 aliphatic rings. The van der Waals surface area contributed by atoms with E-state index in [1.54, 1.807) is 0 Å². The van der Waals surface area contributed by atoms with E-state index in [-0.39, 0.29) is 11.5 Å². The average molecular weight is 354 g/mol. The van der Waals surface area contributed by atoms with Crippen molar-refractivity contribution in [1.82, 2.24) is 4.90 Å². The lowest BCUT2D eigenvalue weighted by Gasteiger charge is -2.40. The molecule has 1 aromatic carbocycles. The maximum atomic E-state index is 12.1. The number of ether oxygens (including phenoxy) is 1. The molecule has 2 rings (SSSR count). The molecule has 0 aliphatic carbocycles. The van der Waals surface area contributed by atoms with Crippen LogP contribution in [0.25, 0.3) is 0 Å². The highest BCUT2D eigenvalue weighted by atomic mass is 79.9. The van der Waals surface area contributed by atoms with Gasteiger partial charge in [0.05, 0.1) is 0 Å². The minimum atomic E-state index is -0.427. The molecule has 1 heterocycles. The fourth-order valence-corrected chi connectivity index (χ4v) is 2.91. The highest BCUT2D eigenvalue weighted by Crippen LogP contribution is 2.35. The predicted molar refractivity (Wildman–Crippen MR) is 88.5 cm³/mol. The van der Waals surface area contributed by atoms with Crippen molar-refractivity contribution < 1.29 is 9.53 Å². The molecule has 3 nitrogen and oxygen atoms in total. The summed E-state index contributed by atoms with van der Waals surface area (Å²) in [7, 11) is 0. The van der Waals surface area contributed by atoms with Crippen molar-refractivity contribution in [3.8, 4) is 0 Å². The van der Waals surface area contributed by atoms with Crippen molar-refractivity contribution in [2.75, 3.05) is 13.1 Å². The lowest BCUT2D eigenvalue weighted by Crippen LogP contribution is -2.45. The Balaban J connectivity index is 1.99. The van der Waals surface area contributed by atoms with Crippen LogP contribution in [-0.4, -0.2) is 29.7 Å². The lowest BCUT2D eigenvalue weighted by atomic mass is 9.75. The molecule has 0 saturated carbocycles. The SMILES string of the molecule is CC(C)(C)OC(=O)N1CCC(C)(c2ccc(Br)cc2)CC1. The Hall–Kier alpha value is -1.03. The quantitative estimate of drug-likeness (QED) is 0.729. The van der Waals surface area contributed by atoms with Gasteiger partial charge < -0.3 is 9.64 Å². The maximum Gasteiger partial charge on any atom is 0.410 e. The van der Waals surface area contributed by atoms with Crippen LogP contribution < -0.4 is 0 Å². The van der Waals surface area contributed by atoms with Crippen molar-refractivity contribution in [3.05, 3.63) is 34.3 Å². The number of likely N-dealkylation sites (tertiary alicyclic amines) is 1. The number of hydrogen-bond acceptors (Lipinski definition) is 2. The Morgan fingerprint density at radius 3 is 2.19 bits per heavy atom. The Kier molecular flexibility index (Phi) is 4.66. The van der Waals surface area contributed by atoms with Crippen LogP contribution in [-0.2, 0) is 10.2 Å². The Morgan fingerprint density at radius 1 is 1.19 bits per heavy atom. The number of benzene rings is 1. The molecule has 0 unspecified atom stereocenters. The standard InChI is InChI=1S/C17H24BrNO2/c1-16(2,3)21-15(20)19-11-9-17(4,10-12-19)13-5-7-14(18)8-6-13/h5-8H,9-12H2,1-4H3. The first kappa shape index (κ1) is 16.3. The van der Waals surface area contributed by atoms with Gasteiger partial charge in [-0.25, -0.2) is 4.79 Å². The average Bonchev–Trinajstić information content (AvgIpc) is 2.38. The maximum absolute atomic E-state index is 12.1. The number of halogens is 1. The largest absolute Gasteiger partial charge is 0.444 e. The smallest absolute Gasteiger partial charge is 0.410 e. The first-order chi connectivity index (χ1) is 9.70.